The molecule has 0 aliphatic rings. The molecular formula is C22H28F4N2O4S. The van der Waals surface area contributed by atoms with Gasteiger partial charge in [-0.05, 0) is 19.1 Å². The number of methoxy groups -OCH3 is 1. The van der Waals surface area contributed by atoms with Crippen LogP contribution in [0.2, 0.25) is 0 Å². The number of amides is 2. The second kappa shape index (κ2) is 16.0. The van der Waals surface area contributed by atoms with Crippen LogP contribution in [-0.2, 0) is 19.1 Å². The molecule has 6 nitrogen and oxygen atoms in total. The number of rotatable bonds is 7. The Morgan fingerprint density at radius 3 is 2.15 bits per heavy atom. The highest BCUT2D eigenvalue weighted by Gasteiger charge is 2.32. The highest BCUT2D eigenvalue weighted by Crippen LogP contribution is 2.33. The summed E-state index contributed by atoms with van der Waals surface area (Å²) in [6, 6.07) is 3.41. The van der Waals surface area contributed by atoms with E-state index in [9.17, 15) is 37.2 Å². The Bertz CT molecular complexity index is 880. The molecule has 2 amide bonds. The van der Waals surface area contributed by atoms with Crippen LogP contribution in [0.3, 0.4) is 0 Å². The van der Waals surface area contributed by atoms with Crippen LogP contribution in [-0.4, -0.2) is 43.2 Å². The maximum Gasteiger partial charge on any atom is 0.412 e. The van der Waals surface area contributed by atoms with E-state index in [1.807, 2.05) is 27.7 Å². The first kappa shape index (κ1) is 32.5. The highest BCUT2D eigenvalue weighted by molar-refractivity contribution is 8.00. The van der Waals surface area contributed by atoms with Gasteiger partial charge in [-0.15, -0.1) is 11.8 Å². The predicted molar refractivity (Wildman–Crippen MR) is 119 cm³/mol. The summed E-state index contributed by atoms with van der Waals surface area (Å²) < 4.78 is 57.4. The van der Waals surface area contributed by atoms with Crippen molar-refractivity contribution in [2.75, 3.05) is 18.6 Å². The fourth-order valence-electron chi connectivity index (χ4n) is 2.10. The zero-order valence-corrected chi connectivity index (χ0v) is 20.4. The number of aldehydes is 1. The van der Waals surface area contributed by atoms with Crippen LogP contribution in [0.15, 0.2) is 28.7 Å². The quantitative estimate of drug-likeness (QED) is 0.218. The largest absolute Gasteiger partial charge is 0.412 e. The van der Waals surface area contributed by atoms with Gasteiger partial charge in [-0.1, -0.05) is 27.7 Å². The van der Waals surface area contributed by atoms with E-state index in [0.29, 0.717) is 13.2 Å². The lowest BCUT2D eigenvalue weighted by Crippen LogP contribution is -2.35. The third-order valence-electron chi connectivity index (χ3n) is 3.49. The lowest BCUT2D eigenvalue weighted by molar-refractivity contribution is -0.123. The number of benzene rings is 1. The van der Waals surface area contributed by atoms with Gasteiger partial charge in [-0.3, -0.25) is 9.59 Å². The van der Waals surface area contributed by atoms with Crippen molar-refractivity contribution in [2.24, 2.45) is 0 Å². The van der Waals surface area contributed by atoms with Crippen molar-refractivity contribution in [1.29, 1.82) is 5.26 Å². The van der Waals surface area contributed by atoms with Gasteiger partial charge < -0.3 is 9.53 Å². The van der Waals surface area contributed by atoms with Crippen molar-refractivity contribution < 1.29 is 36.7 Å². The molecule has 0 saturated heterocycles. The molecule has 1 unspecified atom stereocenters. The molecule has 1 atom stereocenters. The Morgan fingerprint density at radius 1 is 1.21 bits per heavy atom. The number of thioether (sulfide) groups is 1. The number of carbonyl (C=O) groups is 3. The Hall–Kier alpha value is -2.71. The number of nitrogens with zero attached hydrogens (tertiary/aromatic N) is 2. The number of nitriles is 1. The number of imide groups is 1. The molecule has 0 fully saturated rings. The zero-order chi connectivity index (χ0) is 26.4. The van der Waals surface area contributed by atoms with E-state index < -0.39 is 40.3 Å². The van der Waals surface area contributed by atoms with E-state index in [4.69, 9.17) is 4.74 Å². The predicted octanol–water partition coefficient (Wildman–Crippen LogP) is 5.44. The third kappa shape index (κ3) is 10.2. The molecule has 0 aromatic heterocycles. The molecule has 0 bridgehead atoms. The minimum absolute atomic E-state index is 0.0331. The van der Waals surface area contributed by atoms with Gasteiger partial charge in [0.05, 0.1) is 23.1 Å². The Morgan fingerprint density at radius 2 is 1.76 bits per heavy atom. The first-order chi connectivity index (χ1) is 15.5. The number of halogens is 4. The molecule has 0 aliphatic heterocycles. The van der Waals surface area contributed by atoms with Crippen LogP contribution >= 0.6 is 11.8 Å². The monoisotopic (exact) mass is 492 g/mol. The Balaban J connectivity index is 0. The number of carbonyl (C=O) groups excluding carboxylic acids is 3. The molecule has 0 N–H and O–H groups in total. The van der Waals surface area contributed by atoms with Crippen molar-refractivity contribution >= 4 is 35.5 Å². The number of hydrogen-bond acceptors (Lipinski definition) is 6. The smallest absolute Gasteiger partial charge is 0.383 e. The molecule has 0 heterocycles. The summed E-state index contributed by atoms with van der Waals surface area (Å²) in [6.45, 7) is 9.47. The van der Waals surface area contributed by atoms with Gasteiger partial charge in [-0.25, -0.2) is 9.29 Å². The van der Waals surface area contributed by atoms with Crippen molar-refractivity contribution in [3.05, 3.63) is 35.2 Å². The molecule has 184 valence electrons. The summed E-state index contributed by atoms with van der Waals surface area (Å²) in [5.41, 5.74) is -2.10. The molecule has 1 aromatic rings. The summed E-state index contributed by atoms with van der Waals surface area (Å²) >= 11 is 0.819. The highest BCUT2D eigenvalue weighted by atomic mass is 32.2. The third-order valence-corrected chi connectivity index (χ3v) is 4.64. The van der Waals surface area contributed by atoms with E-state index in [1.54, 1.807) is 6.07 Å². The van der Waals surface area contributed by atoms with Crippen LogP contribution in [0.1, 0.15) is 47.1 Å². The van der Waals surface area contributed by atoms with Crippen LogP contribution in [0, 0.1) is 17.1 Å². The van der Waals surface area contributed by atoms with Gasteiger partial charge in [0, 0.05) is 30.6 Å². The lowest BCUT2D eigenvalue weighted by Gasteiger charge is -2.21. The molecule has 1 aromatic carbocycles. The Labute approximate surface area is 195 Å². The van der Waals surface area contributed by atoms with E-state index in [2.05, 4.69) is 0 Å². The first-order valence-corrected chi connectivity index (χ1v) is 10.8. The van der Waals surface area contributed by atoms with E-state index in [0.717, 1.165) is 30.8 Å². The van der Waals surface area contributed by atoms with Crippen molar-refractivity contribution in [3.8, 4) is 6.07 Å². The molecule has 11 heteroatoms. The van der Waals surface area contributed by atoms with Crippen LogP contribution in [0.4, 0.5) is 23.2 Å². The van der Waals surface area contributed by atoms with Crippen molar-refractivity contribution in [2.45, 2.75) is 57.9 Å². The van der Waals surface area contributed by atoms with Gasteiger partial charge in [0.15, 0.2) is 0 Å². The normalized spacial score (nSPS) is 11.6. The number of allylic oxidation sites excluding steroid dienone is 1. The van der Waals surface area contributed by atoms with Crippen LogP contribution in [0.25, 0.3) is 0 Å². The molecule has 0 saturated carbocycles. The summed E-state index contributed by atoms with van der Waals surface area (Å²) in [7, 11) is 1.34. The van der Waals surface area contributed by atoms with Gasteiger partial charge in [0.2, 0.25) is 5.91 Å². The molecular weight excluding hydrogens is 464 g/mol. The standard InChI is InChI=1S/C18H16F4N2O4S.2C2H6/c1-10(18(20,21)22)4-17(27)24(11(2)26)15-6-16(12(7-23)5-14(15)19)29-13(8-25)9-28-3;2*1-2/h4-6,8,13H,9H2,1-3H3;2*1-2H3/b10-4+;;. The second-order valence-electron chi connectivity index (χ2n) is 5.68. The van der Waals surface area contributed by atoms with E-state index in [-0.39, 0.29) is 28.0 Å². The number of ether oxygens (including phenoxy) is 1. The van der Waals surface area contributed by atoms with Gasteiger partial charge in [-0.2, -0.15) is 18.4 Å². The maximum atomic E-state index is 14.5. The van der Waals surface area contributed by atoms with Crippen molar-refractivity contribution in [3.63, 3.8) is 0 Å². The second-order valence-corrected chi connectivity index (χ2v) is 6.96. The van der Waals surface area contributed by atoms with Gasteiger partial charge >= 0.3 is 6.18 Å². The van der Waals surface area contributed by atoms with Crippen LogP contribution < -0.4 is 4.90 Å². The lowest BCUT2D eigenvalue weighted by atomic mass is 10.1. The average Bonchev–Trinajstić information content (AvgIpc) is 2.77. The molecule has 0 spiro atoms. The van der Waals surface area contributed by atoms with Crippen LogP contribution in [0.5, 0.6) is 0 Å². The minimum Gasteiger partial charge on any atom is -0.383 e. The SMILES string of the molecule is CC.CC.COCC(C=O)Sc1cc(N(C(C)=O)C(=O)/C=C(\C)C(F)(F)F)c(F)cc1C#N. The zero-order valence-electron chi connectivity index (χ0n) is 19.5. The fraction of sp³-hybridized carbons (Fsp3) is 0.455. The number of alkyl halides is 3. The number of hydrogen-bond donors (Lipinski definition) is 0. The van der Waals surface area contributed by atoms with Gasteiger partial charge in [0.25, 0.3) is 5.91 Å². The summed E-state index contributed by atoms with van der Waals surface area (Å²) in [4.78, 5) is 35.6. The summed E-state index contributed by atoms with van der Waals surface area (Å²) in [5, 5.41) is 8.40. The minimum atomic E-state index is -4.81. The first-order valence-electron chi connectivity index (χ1n) is 9.90. The molecule has 33 heavy (non-hydrogen) atoms. The Kier molecular flexibility index (Phi) is 15.7. The topological polar surface area (TPSA) is 87.5 Å². The average molecular weight is 493 g/mol. The summed E-state index contributed by atoms with van der Waals surface area (Å²) in [6.07, 6.45) is -4.10. The maximum absolute atomic E-state index is 14.5. The fourth-order valence-corrected chi connectivity index (χ4v) is 3.10. The van der Waals surface area contributed by atoms with E-state index >= 15 is 0 Å². The molecule has 1 rings (SSSR count). The van der Waals surface area contributed by atoms with E-state index in [1.165, 1.54) is 7.11 Å². The van der Waals surface area contributed by atoms with Gasteiger partial charge in [0.1, 0.15) is 18.2 Å². The number of anilines is 1. The molecule has 0 radical (unpaired) electrons. The van der Waals surface area contributed by atoms with Crippen molar-refractivity contribution in [1.82, 2.24) is 0 Å². The molecule has 0 aliphatic carbocycles. The summed E-state index contributed by atoms with van der Waals surface area (Å²) in [5.74, 6) is -3.61.